The number of carbonyl (C=O) groups excluding carboxylic acids is 1. The molecule has 0 aliphatic heterocycles. The van der Waals surface area contributed by atoms with Crippen molar-refractivity contribution < 1.29 is 18.5 Å². The minimum atomic E-state index is -1.22. The number of hydrogen-bond acceptors (Lipinski definition) is 5. The molecule has 0 fully saturated rings. The van der Waals surface area contributed by atoms with Crippen molar-refractivity contribution in [3.63, 3.8) is 0 Å². The van der Waals surface area contributed by atoms with Gasteiger partial charge in [0.2, 0.25) is 5.91 Å². The van der Waals surface area contributed by atoms with Crippen LogP contribution in [0.1, 0.15) is 39.3 Å². The molecule has 0 saturated carbocycles. The Morgan fingerprint density at radius 3 is 2.52 bits per heavy atom. The van der Waals surface area contributed by atoms with Crippen molar-refractivity contribution in [3.8, 4) is 22.6 Å². The molecule has 2 rings (SSSR count). The summed E-state index contributed by atoms with van der Waals surface area (Å²) in [6.45, 7) is 7.83. The quantitative estimate of drug-likeness (QED) is 0.681. The molecule has 0 unspecified atom stereocenters. The number of benzene rings is 1. The van der Waals surface area contributed by atoms with Crippen LogP contribution in [0, 0.1) is 0 Å². The highest BCUT2D eigenvalue weighted by molar-refractivity contribution is 7.84. The van der Waals surface area contributed by atoms with E-state index in [1.54, 1.807) is 38.3 Å². The maximum Gasteiger partial charge on any atom is 0.241 e. The molecule has 1 aromatic carbocycles. The number of ether oxygens (including phenoxy) is 2. The van der Waals surface area contributed by atoms with Gasteiger partial charge in [0.25, 0.3) is 0 Å². The van der Waals surface area contributed by atoms with Gasteiger partial charge in [0.15, 0.2) is 11.5 Å². The molecule has 1 amide bonds. The number of nitrogens with one attached hydrogen (secondary N) is 2. The van der Waals surface area contributed by atoms with Crippen LogP contribution in [0.2, 0.25) is 0 Å². The van der Waals surface area contributed by atoms with E-state index in [-0.39, 0.29) is 23.2 Å². The van der Waals surface area contributed by atoms with Crippen molar-refractivity contribution in [2.75, 3.05) is 21.3 Å². The van der Waals surface area contributed by atoms with Gasteiger partial charge in [-0.05, 0) is 45.4 Å². The molecule has 2 N–H and O–H groups in total. The summed E-state index contributed by atoms with van der Waals surface area (Å²) < 4.78 is 27.9. The number of hydrogen-bond donors (Lipinski definition) is 2. The van der Waals surface area contributed by atoms with Crippen molar-refractivity contribution in [2.24, 2.45) is 0 Å². The van der Waals surface area contributed by atoms with Crippen molar-refractivity contribution in [1.29, 1.82) is 0 Å². The lowest BCUT2D eigenvalue weighted by atomic mass is 10.0. The van der Waals surface area contributed by atoms with Crippen LogP contribution in [-0.2, 0) is 22.3 Å². The summed E-state index contributed by atoms with van der Waals surface area (Å²) >= 11 is 0. The number of rotatable bonds is 8. The molecular weight excluding hydrogens is 392 g/mol. The van der Waals surface area contributed by atoms with Gasteiger partial charge in [-0.3, -0.25) is 9.48 Å². The van der Waals surface area contributed by atoms with E-state index in [1.807, 2.05) is 39.8 Å². The van der Waals surface area contributed by atoms with Crippen LogP contribution in [0.4, 0.5) is 0 Å². The fourth-order valence-electron chi connectivity index (χ4n) is 2.67. The van der Waals surface area contributed by atoms with E-state index in [0.29, 0.717) is 11.5 Å². The average Bonchev–Trinajstić information content (AvgIpc) is 3.13. The summed E-state index contributed by atoms with van der Waals surface area (Å²) in [5, 5.41) is 6.84. The molecule has 29 heavy (non-hydrogen) atoms. The fraction of sp³-hybridized carbons (Fsp3) is 0.500. The van der Waals surface area contributed by atoms with Crippen LogP contribution < -0.4 is 19.5 Å². The van der Waals surface area contributed by atoms with Gasteiger partial charge in [-0.25, -0.2) is 8.93 Å². The van der Waals surface area contributed by atoms with E-state index >= 15 is 0 Å². The third-order valence-electron chi connectivity index (χ3n) is 4.37. The molecule has 1 aromatic heterocycles. The van der Waals surface area contributed by atoms with Crippen molar-refractivity contribution in [3.05, 3.63) is 30.1 Å². The first-order valence-corrected chi connectivity index (χ1v) is 10.4. The summed E-state index contributed by atoms with van der Waals surface area (Å²) in [7, 11) is 3.51. The molecular formula is C20H30N4O4S. The lowest BCUT2D eigenvalue weighted by Crippen LogP contribution is -2.34. The predicted molar refractivity (Wildman–Crippen MR) is 114 cm³/mol. The Hall–Kier alpha value is -2.39. The highest BCUT2D eigenvalue weighted by Crippen LogP contribution is 2.40. The standard InChI is InChI=1S/C20H30N4O4S/c1-13(23-29(26)20(2,3)4)14-8-16(19(28-7)17(9-14)27-6)15-10-22-24(11-15)12-18(25)21-5/h8-11,13,23H,12H2,1-7H3,(H,21,25)/t13-,29+/m1/s1. The predicted octanol–water partition coefficient (Wildman–Crippen LogP) is 2.43. The second-order valence-corrected chi connectivity index (χ2v) is 9.62. The Balaban J connectivity index is 2.45. The SMILES string of the molecule is CNC(=O)Cn1cc(-c2cc([C@@H](C)N[S@@](=O)C(C)(C)C)cc(OC)c2OC)cn1. The van der Waals surface area contributed by atoms with Crippen molar-refractivity contribution >= 4 is 16.9 Å². The van der Waals surface area contributed by atoms with Gasteiger partial charge >= 0.3 is 0 Å². The minimum absolute atomic E-state index is 0.123. The Bertz CT molecular complexity index is 889. The lowest BCUT2D eigenvalue weighted by molar-refractivity contribution is -0.121. The van der Waals surface area contributed by atoms with E-state index in [2.05, 4.69) is 15.1 Å². The highest BCUT2D eigenvalue weighted by atomic mass is 32.2. The van der Waals surface area contributed by atoms with E-state index in [1.165, 1.54) is 0 Å². The van der Waals surface area contributed by atoms with Crippen LogP contribution in [0.15, 0.2) is 24.5 Å². The molecule has 2 atom stereocenters. The first-order valence-electron chi connectivity index (χ1n) is 9.28. The van der Waals surface area contributed by atoms with Gasteiger partial charge in [-0.2, -0.15) is 5.10 Å². The monoisotopic (exact) mass is 422 g/mol. The Labute approximate surface area is 174 Å². The zero-order chi connectivity index (χ0) is 21.8. The first kappa shape index (κ1) is 22.9. The van der Waals surface area contributed by atoms with Gasteiger partial charge in [0.05, 0.1) is 36.1 Å². The summed E-state index contributed by atoms with van der Waals surface area (Å²) in [4.78, 5) is 11.6. The Morgan fingerprint density at radius 2 is 1.97 bits per heavy atom. The molecule has 2 aromatic rings. The summed E-state index contributed by atoms with van der Waals surface area (Å²) in [6.07, 6.45) is 3.46. The first-order chi connectivity index (χ1) is 13.6. The third kappa shape index (κ3) is 5.57. The Kier molecular flexibility index (Phi) is 7.43. The van der Waals surface area contributed by atoms with Crippen LogP contribution in [-0.4, -0.2) is 45.9 Å². The van der Waals surface area contributed by atoms with E-state index in [9.17, 15) is 9.00 Å². The summed E-state index contributed by atoms with van der Waals surface area (Å²) in [5.41, 5.74) is 2.46. The molecule has 160 valence electrons. The fourth-order valence-corrected chi connectivity index (χ4v) is 3.48. The maximum absolute atomic E-state index is 12.5. The van der Waals surface area contributed by atoms with Gasteiger partial charge in [-0.15, -0.1) is 0 Å². The number of carbonyl (C=O) groups is 1. The zero-order valence-electron chi connectivity index (χ0n) is 18.0. The number of methoxy groups -OCH3 is 2. The molecule has 0 spiro atoms. The second kappa shape index (κ2) is 9.41. The molecule has 0 aliphatic rings. The molecule has 0 aliphatic carbocycles. The molecule has 9 heteroatoms. The summed E-state index contributed by atoms with van der Waals surface area (Å²) in [5.74, 6) is 0.995. The topological polar surface area (TPSA) is 94.5 Å². The average molecular weight is 423 g/mol. The smallest absolute Gasteiger partial charge is 0.241 e. The third-order valence-corrected chi connectivity index (χ3v) is 6.05. The van der Waals surface area contributed by atoms with Crippen LogP contribution in [0.5, 0.6) is 11.5 Å². The molecule has 1 heterocycles. The van der Waals surface area contributed by atoms with E-state index in [4.69, 9.17) is 9.47 Å². The second-order valence-electron chi connectivity index (χ2n) is 7.62. The van der Waals surface area contributed by atoms with Gasteiger partial charge in [-0.1, -0.05) is 0 Å². The highest BCUT2D eigenvalue weighted by Gasteiger charge is 2.24. The lowest BCUT2D eigenvalue weighted by Gasteiger charge is -2.23. The van der Waals surface area contributed by atoms with Gasteiger partial charge < -0.3 is 14.8 Å². The van der Waals surface area contributed by atoms with Gasteiger partial charge in [0.1, 0.15) is 6.54 Å². The van der Waals surface area contributed by atoms with E-state index in [0.717, 1.165) is 16.7 Å². The molecule has 8 nitrogen and oxygen atoms in total. The summed E-state index contributed by atoms with van der Waals surface area (Å²) in [6, 6.07) is 3.64. The number of nitrogens with zero attached hydrogens (tertiary/aromatic N) is 2. The van der Waals surface area contributed by atoms with Gasteiger partial charge in [0, 0.05) is 30.4 Å². The molecule has 0 bridgehead atoms. The number of likely N-dealkylation sites (N-methyl/N-ethyl adjacent to an activating group) is 1. The Morgan fingerprint density at radius 1 is 1.28 bits per heavy atom. The maximum atomic E-state index is 12.5. The van der Waals surface area contributed by atoms with Crippen LogP contribution in [0.25, 0.3) is 11.1 Å². The van der Waals surface area contributed by atoms with Crippen molar-refractivity contribution in [1.82, 2.24) is 19.8 Å². The largest absolute Gasteiger partial charge is 0.493 e. The minimum Gasteiger partial charge on any atom is -0.493 e. The molecule has 0 radical (unpaired) electrons. The number of amides is 1. The zero-order valence-corrected chi connectivity index (χ0v) is 18.8. The van der Waals surface area contributed by atoms with E-state index < -0.39 is 11.0 Å². The van der Waals surface area contributed by atoms with Crippen LogP contribution in [0.3, 0.4) is 0 Å². The number of aromatic nitrogens is 2. The molecule has 0 saturated heterocycles. The normalized spacial score (nSPS) is 13.6. The van der Waals surface area contributed by atoms with Crippen molar-refractivity contribution in [2.45, 2.75) is 45.0 Å². The van der Waals surface area contributed by atoms with Crippen LogP contribution >= 0.6 is 0 Å².